The monoisotopic (exact) mass is 382 g/mol. The van der Waals surface area contributed by atoms with Crippen molar-refractivity contribution in [3.05, 3.63) is 65.6 Å². The van der Waals surface area contributed by atoms with Crippen LogP contribution in [0.25, 0.3) is 0 Å². The molecular formula is C20H22N4O4. The number of nitrogens with one attached hydrogen (secondary N) is 1. The van der Waals surface area contributed by atoms with Gasteiger partial charge in [-0.2, -0.15) is 4.98 Å². The summed E-state index contributed by atoms with van der Waals surface area (Å²) in [5.41, 5.74) is 0.412. The van der Waals surface area contributed by atoms with E-state index in [0.717, 1.165) is 5.56 Å². The highest BCUT2D eigenvalue weighted by Crippen LogP contribution is 2.31. The molecule has 8 heteroatoms. The Bertz CT molecular complexity index is 969. The standard InChI is InChI=1S/C20H22N4O4/c1-12(22-18(26)15-16(25)14(27-4)10-11-21-15)17-23-19(28-24-17)20(2,3)13-8-6-5-7-9-13/h5-12,25H,1-4H3,(H,22,26)/t12-/m0/s1. The maximum absolute atomic E-state index is 12.5. The van der Waals surface area contributed by atoms with Gasteiger partial charge in [-0.25, -0.2) is 4.98 Å². The second-order valence-corrected chi connectivity index (χ2v) is 6.85. The van der Waals surface area contributed by atoms with E-state index in [2.05, 4.69) is 20.4 Å². The zero-order valence-electron chi connectivity index (χ0n) is 16.1. The molecular weight excluding hydrogens is 360 g/mol. The van der Waals surface area contributed by atoms with Crippen LogP contribution in [-0.2, 0) is 5.41 Å². The fourth-order valence-corrected chi connectivity index (χ4v) is 2.74. The Hall–Kier alpha value is -3.42. The zero-order chi connectivity index (χ0) is 20.3. The van der Waals surface area contributed by atoms with Crippen molar-refractivity contribution in [2.75, 3.05) is 7.11 Å². The van der Waals surface area contributed by atoms with Crippen molar-refractivity contribution < 1.29 is 19.2 Å². The van der Waals surface area contributed by atoms with Gasteiger partial charge in [0, 0.05) is 12.3 Å². The highest BCUT2D eigenvalue weighted by atomic mass is 16.5. The van der Waals surface area contributed by atoms with E-state index in [-0.39, 0.29) is 17.2 Å². The molecule has 0 bridgehead atoms. The van der Waals surface area contributed by atoms with E-state index in [1.54, 1.807) is 6.92 Å². The Balaban J connectivity index is 1.78. The van der Waals surface area contributed by atoms with Crippen molar-refractivity contribution in [1.82, 2.24) is 20.4 Å². The van der Waals surface area contributed by atoms with E-state index in [1.165, 1.54) is 19.4 Å². The lowest BCUT2D eigenvalue weighted by Gasteiger charge is -2.20. The molecule has 3 rings (SSSR count). The molecule has 2 N–H and O–H groups in total. The SMILES string of the molecule is COc1ccnc(C(=O)N[C@@H](C)c2noc(C(C)(C)c3ccccc3)n2)c1O. The number of rotatable bonds is 6. The van der Waals surface area contributed by atoms with Gasteiger partial charge < -0.3 is 19.7 Å². The van der Waals surface area contributed by atoms with E-state index in [0.29, 0.717) is 11.7 Å². The quantitative estimate of drug-likeness (QED) is 0.674. The number of benzene rings is 1. The first-order valence-corrected chi connectivity index (χ1v) is 8.77. The second kappa shape index (κ2) is 7.67. The highest BCUT2D eigenvalue weighted by Gasteiger charge is 2.31. The van der Waals surface area contributed by atoms with Gasteiger partial charge in [-0.1, -0.05) is 35.5 Å². The molecule has 0 saturated carbocycles. The summed E-state index contributed by atoms with van der Waals surface area (Å²) in [7, 11) is 1.40. The zero-order valence-corrected chi connectivity index (χ0v) is 16.1. The average molecular weight is 382 g/mol. The molecule has 1 amide bonds. The molecule has 0 radical (unpaired) electrons. The Kier molecular flexibility index (Phi) is 5.30. The molecule has 0 unspecified atom stereocenters. The van der Waals surface area contributed by atoms with Crippen LogP contribution in [0.5, 0.6) is 11.5 Å². The van der Waals surface area contributed by atoms with Crippen LogP contribution in [0.1, 0.15) is 54.6 Å². The number of carbonyl (C=O) groups excluding carboxylic acids is 1. The van der Waals surface area contributed by atoms with Gasteiger partial charge in [0.15, 0.2) is 23.0 Å². The van der Waals surface area contributed by atoms with Crippen molar-refractivity contribution in [2.45, 2.75) is 32.2 Å². The third kappa shape index (κ3) is 3.66. The van der Waals surface area contributed by atoms with Crippen LogP contribution in [0.4, 0.5) is 0 Å². The smallest absolute Gasteiger partial charge is 0.274 e. The summed E-state index contributed by atoms with van der Waals surface area (Å²) in [6.07, 6.45) is 1.38. The van der Waals surface area contributed by atoms with E-state index in [4.69, 9.17) is 9.26 Å². The van der Waals surface area contributed by atoms with Gasteiger partial charge in [0.05, 0.1) is 18.6 Å². The molecule has 0 spiro atoms. The number of carbonyl (C=O) groups is 1. The minimum Gasteiger partial charge on any atom is -0.503 e. The first-order valence-electron chi connectivity index (χ1n) is 8.77. The molecule has 8 nitrogen and oxygen atoms in total. The van der Waals surface area contributed by atoms with Gasteiger partial charge in [-0.15, -0.1) is 0 Å². The van der Waals surface area contributed by atoms with Crippen molar-refractivity contribution in [2.24, 2.45) is 0 Å². The van der Waals surface area contributed by atoms with Gasteiger partial charge in [0.1, 0.15) is 0 Å². The van der Waals surface area contributed by atoms with Gasteiger partial charge in [0.25, 0.3) is 5.91 Å². The predicted molar refractivity (Wildman–Crippen MR) is 101 cm³/mol. The molecule has 0 aliphatic carbocycles. The molecule has 2 aromatic heterocycles. The maximum atomic E-state index is 12.5. The minimum atomic E-state index is -0.572. The Morgan fingerprint density at radius 1 is 1.25 bits per heavy atom. The van der Waals surface area contributed by atoms with E-state index in [9.17, 15) is 9.90 Å². The number of aromatic hydroxyl groups is 1. The van der Waals surface area contributed by atoms with Crippen LogP contribution in [-0.4, -0.2) is 33.2 Å². The number of nitrogens with zero attached hydrogens (tertiary/aromatic N) is 3. The molecule has 0 fully saturated rings. The largest absolute Gasteiger partial charge is 0.503 e. The topological polar surface area (TPSA) is 110 Å². The molecule has 2 heterocycles. The third-order valence-electron chi connectivity index (χ3n) is 4.53. The number of hydrogen-bond donors (Lipinski definition) is 2. The number of amides is 1. The molecule has 0 aliphatic heterocycles. The summed E-state index contributed by atoms with van der Waals surface area (Å²) < 4.78 is 10.5. The van der Waals surface area contributed by atoms with Crippen LogP contribution >= 0.6 is 0 Å². The molecule has 0 saturated heterocycles. The minimum absolute atomic E-state index is 0.139. The Morgan fingerprint density at radius 2 is 1.96 bits per heavy atom. The summed E-state index contributed by atoms with van der Waals surface area (Å²) in [6, 6.07) is 10.7. The molecule has 3 aromatic rings. The summed E-state index contributed by atoms with van der Waals surface area (Å²) in [4.78, 5) is 20.8. The van der Waals surface area contributed by atoms with Crippen molar-refractivity contribution in [3.63, 3.8) is 0 Å². The molecule has 146 valence electrons. The first kappa shape index (κ1) is 19.3. The number of hydrogen-bond acceptors (Lipinski definition) is 7. The predicted octanol–water partition coefficient (Wildman–Crippen LogP) is 3.00. The van der Waals surface area contributed by atoms with Crippen LogP contribution in [0.3, 0.4) is 0 Å². The van der Waals surface area contributed by atoms with E-state index >= 15 is 0 Å². The first-order chi connectivity index (χ1) is 13.3. The summed E-state index contributed by atoms with van der Waals surface area (Å²) in [5.74, 6) is 0.0393. The van der Waals surface area contributed by atoms with Gasteiger partial charge >= 0.3 is 0 Å². The van der Waals surface area contributed by atoms with E-state index < -0.39 is 17.4 Å². The Morgan fingerprint density at radius 3 is 2.64 bits per heavy atom. The number of aromatic nitrogens is 3. The maximum Gasteiger partial charge on any atom is 0.274 e. The molecule has 1 atom stereocenters. The Labute approximate surface area is 162 Å². The summed E-state index contributed by atoms with van der Waals surface area (Å²) >= 11 is 0. The van der Waals surface area contributed by atoms with Gasteiger partial charge in [-0.05, 0) is 26.3 Å². The second-order valence-electron chi connectivity index (χ2n) is 6.85. The summed E-state index contributed by atoms with van der Waals surface area (Å²) in [6.45, 7) is 5.70. The average Bonchev–Trinajstić information content (AvgIpc) is 3.20. The number of pyridine rings is 1. The fourth-order valence-electron chi connectivity index (χ4n) is 2.74. The number of ether oxygens (including phenoxy) is 1. The van der Waals surface area contributed by atoms with Gasteiger partial charge in [-0.3, -0.25) is 4.79 Å². The lowest BCUT2D eigenvalue weighted by Crippen LogP contribution is -2.28. The molecule has 1 aromatic carbocycles. The lowest BCUT2D eigenvalue weighted by atomic mass is 9.84. The van der Waals surface area contributed by atoms with Crippen LogP contribution in [0.15, 0.2) is 47.1 Å². The molecule has 0 aliphatic rings. The highest BCUT2D eigenvalue weighted by molar-refractivity contribution is 5.95. The summed E-state index contributed by atoms with van der Waals surface area (Å²) in [5, 5.41) is 16.8. The fraction of sp³-hybridized carbons (Fsp3) is 0.300. The number of methoxy groups -OCH3 is 1. The lowest BCUT2D eigenvalue weighted by molar-refractivity contribution is 0.0929. The van der Waals surface area contributed by atoms with Crippen molar-refractivity contribution in [3.8, 4) is 11.5 Å². The van der Waals surface area contributed by atoms with Crippen LogP contribution < -0.4 is 10.1 Å². The van der Waals surface area contributed by atoms with Crippen LogP contribution in [0, 0.1) is 0 Å². The molecule has 28 heavy (non-hydrogen) atoms. The normalized spacial score (nSPS) is 12.4. The third-order valence-corrected chi connectivity index (χ3v) is 4.53. The van der Waals surface area contributed by atoms with Gasteiger partial charge in [0.2, 0.25) is 5.89 Å². The van der Waals surface area contributed by atoms with Crippen molar-refractivity contribution >= 4 is 5.91 Å². The van der Waals surface area contributed by atoms with E-state index in [1.807, 2.05) is 44.2 Å². The van der Waals surface area contributed by atoms with Crippen molar-refractivity contribution in [1.29, 1.82) is 0 Å². The van der Waals surface area contributed by atoms with Crippen LogP contribution in [0.2, 0.25) is 0 Å².